The molecule has 3 aromatic rings. The SMILES string of the molecule is CCn1ncc(Cl)c1CNC(=S)Nc1cnn(Cc2ccccc2Cl)c1. The van der Waals surface area contributed by atoms with Crippen molar-refractivity contribution in [3.63, 3.8) is 0 Å². The van der Waals surface area contributed by atoms with E-state index in [1.54, 1.807) is 17.1 Å². The average Bonchev–Trinajstić information content (AvgIpc) is 3.21. The topological polar surface area (TPSA) is 59.7 Å². The molecule has 6 nitrogen and oxygen atoms in total. The van der Waals surface area contributed by atoms with Crippen molar-refractivity contribution in [1.29, 1.82) is 0 Å². The largest absolute Gasteiger partial charge is 0.357 e. The second-order valence-corrected chi connectivity index (χ2v) is 6.80. The van der Waals surface area contributed by atoms with E-state index in [-0.39, 0.29) is 0 Å². The van der Waals surface area contributed by atoms with Crippen LogP contribution in [-0.2, 0) is 19.6 Å². The molecule has 0 radical (unpaired) electrons. The molecule has 0 atom stereocenters. The number of rotatable bonds is 6. The summed E-state index contributed by atoms with van der Waals surface area (Å²) in [6.45, 7) is 3.84. The summed E-state index contributed by atoms with van der Waals surface area (Å²) in [7, 11) is 0. The normalized spacial score (nSPS) is 10.7. The number of anilines is 1. The van der Waals surface area contributed by atoms with Gasteiger partial charge in [-0.25, -0.2) is 0 Å². The lowest BCUT2D eigenvalue weighted by atomic mass is 10.2. The van der Waals surface area contributed by atoms with E-state index in [0.717, 1.165) is 28.5 Å². The van der Waals surface area contributed by atoms with Gasteiger partial charge in [-0.1, -0.05) is 41.4 Å². The van der Waals surface area contributed by atoms with Crippen LogP contribution >= 0.6 is 35.4 Å². The van der Waals surface area contributed by atoms with E-state index in [1.807, 2.05) is 42.1 Å². The molecule has 0 aliphatic carbocycles. The van der Waals surface area contributed by atoms with Gasteiger partial charge in [0.2, 0.25) is 0 Å². The number of hydrogen-bond acceptors (Lipinski definition) is 3. The van der Waals surface area contributed by atoms with Crippen LogP contribution < -0.4 is 10.6 Å². The Morgan fingerprint density at radius 2 is 1.96 bits per heavy atom. The minimum Gasteiger partial charge on any atom is -0.357 e. The first kappa shape index (κ1) is 18.7. The number of halogens is 2. The van der Waals surface area contributed by atoms with E-state index < -0.39 is 0 Å². The van der Waals surface area contributed by atoms with Gasteiger partial charge in [0.25, 0.3) is 0 Å². The number of hydrogen-bond donors (Lipinski definition) is 2. The Bertz CT molecular complexity index is 904. The van der Waals surface area contributed by atoms with Gasteiger partial charge in [0.1, 0.15) is 0 Å². The maximum Gasteiger partial charge on any atom is 0.171 e. The first-order valence-electron chi connectivity index (χ1n) is 8.07. The zero-order chi connectivity index (χ0) is 18.5. The van der Waals surface area contributed by atoms with Gasteiger partial charge in [-0.3, -0.25) is 9.36 Å². The zero-order valence-corrected chi connectivity index (χ0v) is 16.4. The third kappa shape index (κ3) is 4.55. The monoisotopic (exact) mass is 408 g/mol. The maximum absolute atomic E-state index is 6.19. The van der Waals surface area contributed by atoms with Crippen LogP contribution in [0.15, 0.2) is 42.9 Å². The van der Waals surface area contributed by atoms with E-state index in [9.17, 15) is 0 Å². The Kier molecular flexibility index (Phi) is 6.13. The summed E-state index contributed by atoms with van der Waals surface area (Å²) >= 11 is 17.7. The van der Waals surface area contributed by atoms with Crippen LogP contribution in [-0.4, -0.2) is 24.7 Å². The molecule has 0 bridgehead atoms. The van der Waals surface area contributed by atoms with Gasteiger partial charge in [0.15, 0.2) is 5.11 Å². The third-order valence-corrected chi connectivity index (χ3v) is 4.73. The van der Waals surface area contributed by atoms with Crippen molar-refractivity contribution >= 4 is 46.2 Å². The molecule has 2 N–H and O–H groups in total. The van der Waals surface area contributed by atoms with Crippen molar-refractivity contribution in [2.75, 3.05) is 5.32 Å². The molecule has 3 rings (SSSR count). The highest BCUT2D eigenvalue weighted by Crippen LogP contribution is 2.17. The standard InChI is InChI=1S/C17H18Cl2N6S/c1-2-25-16(15(19)8-22-25)9-20-17(26)23-13-7-21-24(11-13)10-12-5-3-4-6-14(12)18/h3-8,11H,2,9-10H2,1H3,(H2,20,23,26). The lowest BCUT2D eigenvalue weighted by Crippen LogP contribution is -2.28. The molecular formula is C17H18Cl2N6S. The average molecular weight is 409 g/mol. The fraction of sp³-hybridized carbons (Fsp3) is 0.235. The van der Waals surface area contributed by atoms with Crippen molar-refractivity contribution in [1.82, 2.24) is 24.9 Å². The van der Waals surface area contributed by atoms with E-state index >= 15 is 0 Å². The molecule has 1 aromatic carbocycles. The zero-order valence-electron chi connectivity index (χ0n) is 14.1. The van der Waals surface area contributed by atoms with Crippen molar-refractivity contribution in [3.05, 3.63) is 64.2 Å². The number of benzene rings is 1. The van der Waals surface area contributed by atoms with Crippen LogP contribution in [0.25, 0.3) is 0 Å². The van der Waals surface area contributed by atoms with E-state index in [0.29, 0.717) is 23.2 Å². The lowest BCUT2D eigenvalue weighted by Gasteiger charge is -2.10. The van der Waals surface area contributed by atoms with Gasteiger partial charge in [-0.05, 0) is 30.8 Å². The molecule has 136 valence electrons. The smallest absolute Gasteiger partial charge is 0.171 e. The highest BCUT2D eigenvalue weighted by Gasteiger charge is 2.09. The summed E-state index contributed by atoms with van der Waals surface area (Å²) in [6, 6.07) is 7.70. The molecular weight excluding hydrogens is 391 g/mol. The summed E-state index contributed by atoms with van der Waals surface area (Å²) in [5.41, 5.74) is 2.70. The van der Waals surface area contributed by atoms with Crippen LogP contribution in [0, 0.1) is 0 Å². The van der Waals surface area contributed by atoms with E-state index in [1.165, 1.54) is 0 Å². The summed E-state index contributed by atoms with van der Waals surface area (Å²) in [5, 5.41) is 16.6. The minimum absolute atomic E-state index is 0.488. The fourth-order valence-corrected chi connectivity index (χ4v) is 3.08. The van der Waals surface area contributed by atoms with Crippen molar-refractivity contribution < 1.29 is 0 Å². The Labute approximate surface area is 167 Å². The van der Waals surface area contributed by atoms with Gasteiger partial charge >= 0.3 is 0 Å². The highest BCUT2D eigenvalue weighted by molar-refractivity contribution is 7.80. The number of aromatic nitrogens is 4. The van der Waals surface area contributed by atoms with Gasteiger partial charge in [0.05, 0.1) is 41.9 Å². The second-order valence-electron chi connectivity index (χ2n) is 5.58. The van der Waals surface area contributed by atoms with Gasteiger partial charge in [-0.15, -0.1) is 0 Å². The Morgan fingerprint density at radius 3 is 2.73 bits per heavy atom. The molecule has 0 amide bonds. The number of thiocarbonyl (C=S) groups is 1. The molecule has 0 saturated heterocycles. The lowest BCUT2D eigenvalue weighted by molar-refractivity contribution is 0.614. The molecule has 26 heavy (non-hydrogen) atoms. The molecule has 0 spiro atoms. The molecule has 2 aromatic heterocycles. The summed E-state index contributed by atoms with van der Waals surface area (Å²) < 4.78 is 3.63. The van der Waals surface area contributed by atoms with Crippen LogP contribution in [0.1, 0.15) is 18.2 Å². The van der Waals surface area contributed by atoms with Crippen LogP contribution in [0.2, 0.25) is 10.0 Å². The first-order chi connectivity index (χ1) is 12.6. The quantitative estimate of drug-likeness (QED) is 0.604. The minimum atomic E-state index is 0.488. The third-order valence-electron chi connectivity index (χ3n) is 3.79. The molecule has 0 aliphatic rings. The van der Waals surface area contributed by atoms with Crippen LogP contribution in [0.4, 0.5) is 5.69 Å². The molecule has 0 aliphatic heterocycles. The summed E-state index contributed by atoms with van der Waals surface area (Å²) in [5.74, 6) is 0. The second kappa shape index (κ2) is 8.53. The molecule has 0 fully saturated rings. The van der Waals surface area contributed by atoms with Crippen LogP contribution in [0.5, 0.6) is 0 Å². The Morgan fingerprint density at radius 1 is 1.15 bits per heavy atom. The summed E-state index contributed by atoms with van der Waals surface area (Å²) in [4.78, 5) is 0. The molecule has 9 heteroatoms. The van der Waals surface area contributed by atoms with E-state index in [4.69, 9.17) is 35.4 Å². The maximum atomic E-state index is 6.19. The highest BCUT2D eigenvalue weighted by atomic mass is 35.5. The Hall–Kier alpha value is -2.09. The number of nitrogens with zero attached hydrogens (tertiary/aromatic N) is 4. The fourth-order valence-electron chi connectivity index (χ4n) is 2.49. The first-order valence-corrected chi connectivity index (χ1v) is 9.24. The van der Waals surface area contributed by atoms with Gasteiger partial charge < -0.3 is 10.6 Å². The predicted octanol–water partition coefficient (Wildman–Crippen LogP) is 3.94. The molecule has 2 heterocycles. The molecule has 0 saturated carbocycles. The van der Waals surface area contributed by atoms with Crippen molar-refractivity contribution in [2.45, 2.75) is 26.6 Å². The van der Waals surface area contributed by atoms with E-state index in [2.05, 4.69) is 20.8 Å². The van der Waals surface area contributed by atoms with Crippen molar-refractivity contribution in [2.24, 2.45) is 0 Å². The predicted molar refractivity (Wildman–Crippen MR) is 109 cm³/mol. The number of nitrogens with one attached hydrogen (secondary N) is 2. The van der Waals surface area contributed by atoms with Gasteiger partial charge in [-0.2, -0.15) is 10.2 Å². The van der Waals surface area contributed by atoms with Crippen LogP contribution in [0.3, 0.4) is 0 Å². The molecule has 0 unspecified atom stereocenters. The van der Waals surface area contributed by atoms with Crippen molar-refractivity contribution in [3.8, 4) is 0 Å². The summed E-state index contributed by atoms with van der Waals surface area (Å²) in [6.07, 6.45) is 5.23. The Balaban J connectivity index is 1.56. The number of aryl methyl sites for hydroxylation is 1. The van der Waals surface area contributed by atoms with Gasteiger partial charge in [0, 0.05) is 17.8 Å².